The van der Waals surface area contributed by atoms with Crippen molar-refractivity contribution in [2.24, 2.45) is 5.92 Å². The van der Waals surface area contributed by atoms with E-state index in [1.165, 1.54) is 17.2 Å². The van der Waals surface area contributed by atoms with Crippen molar-refractivity contribution in [1.82, 2.24) is 9.47 Å². The van der Waals surface area contributed by atoms with Crippen LogP contribution in [0.15, 0.2) is 83.8 Å². The summed E-state index contributed by atoms with van der Waals surface area (Å²) < 4.78 is 12.5. The van der Waals surface area contributed by atoms with Crippen molar-refractivity contribution in [2.75, 3.05) is 20.8 Å². The first-order valence-corrected chi connectivity index (χ1v) is 12.5. The monoisotopic (exact) mass is 502 g/mol. The van der Waals surface area contributed by atoms with Crippen molar-refractivity contribution < 1.29 is 19.4 Å². The zero-order chi connectivity index (χ0) is 26.4. The van der Waals surface area contributed by atoms with Crippen LogP contribution in [0, 0.1) is 5.92 Å². The molecule has 0 radical (unpaired) electrons. The molecule has 3 atom stereocenters. The molecule has 0 bridgehead atoms. The third-order valence-corrected chi connectivity index (χ3v) is 6.98. The number of hydrogen-bond donors (Lipinski definition) is 1. The number of fused-ring (bicyclic) bond motifs is 1. The zero-order valence-electron chi connectivity index (χ0n) is 21.5. The second-order valence-corrected chi connectivity index (χ2v) is 9.32. The fourth-order valence-electron chi connectivity index (χ4n) is 4.96. The first-order chi connectivity index (χ1) is 18.0. The van der Waals surface area contributed by atoms with Gasteiger partial charge in [-0.25, -0.2) is 0 Å². The number of benzene rings is 2. The molecule has 1 aliphatic rings. The predicted molar refractivity (Wildman–Crippen MR) is 143 cm³/mol. The molecule has 1 amide bonds. The van der Waals surface area contributed by atoms with Crippen LogP contribution >= 0.6 is 0 Å². The summed E-state index contributed by atoms with van der Waals surface area (Å²) in [6, 6.07) is 18.9. The number of aliphatic hydroxyl groups is 1. The summed E-state index contributed by atoms with van der Waals surface area (Å²) in [6.45, 7) is 2.51. The van der Waals surface area contributed by atoms with Gasteiger partial charge in [-0.2, -0.15) is 0 Å². The summed E-state index contributed by atoms with van der Waals surface area (Å²) in [5.74, 6) is 0.298. The van der Waals surface area contributed by atoms with E-state index in [-0.39, 0.29) is 48.3 Å². The van der Waals surface area contributed by atoms with Gasteiger partial charge < -0.3 is 19.5 Å². The summed E-state index contributed by atoms with van der Waals surface area (Å²) in [4.78, 5) is 27.3. The van der Waals surface area contributed by atoms with E-state index in [4.69, 9.17) is 9.47 Å². The number of rotatable bonds is 9. The molecule has 0 aliphatic carbocycles. The molecule has 194 valence electrons. The van der Waals surface area contributed by atoms with E-state index < -0.39 is 0 Å². The quantitative estimate of drug-likeness (QED) is 0.447. The standard InChI is InChI=1S/C30H34N2O5/c1-21(8-6-12-28(34)32-19-24-10-5-4-9-23(24)18-26(32)20-33)29(37-3)22-13-15-25(16-14-22)31-17-7-11-27(36-2)30(31)35/h4-11,13-17,21,26,29,33H,12,18-20H2,1-3H3/b8-6+/t21-,26-,29+/m0/s1. The van der Waals surface area contributed by atoms with Crippen LogP contribution < -0.4 is 10.3 Å². The number of aromatic nitrogens is 1. The molecular formula is C30H34N2O5. The van der Waals surface area contributed by atoms with E-state index in [1.807, 2.05) is 61.5 Å². The molecule has 7 heteroatoms. The average molecular weight is 503 g/mol. The second-order valence-electron chi connectivity index (χ2n) is 9.32. The van der Waals surface area contributed by atoms with Crippen molar-refractivity contribution in [1.29, 1.82) is 0 Å². The van der Waals surface area contributed by atoms with Crippen molar-refractivity contribution >= 4 is 5.91 Å². The molecule has 0 saturated carbocycles. The maximum atomic E-state index is 13.0. The lowest BCUT2D eigenvalue weighted by molar-refractivity contribution is -0.134. The molecule has 0 unspecified atom stereocenters. The summed E-state index contributed by atoms with van der Waals surface area (Å²) >= 11 is 0. The number of nitrogens with zero attached hydrogens (tertiary/aromatic N) is 2. The number of amides is 1. The van der Waals surface area contributed by atoms with Crippen LogP contribution in [-0.4, -0.2) is 47.3 Å². The second kappa shape index (κ2) is 12.0. The van der Waals surface area contributed by atoms with Gasteiger partial charge >= 0.3 is 0 Å². The van der Waals surface area contributed by atoms with Crippen LogP contribution in [0.3, 0.4) is 0 Å². The smallest absolute Gasteiger partial charge is 0.297 e. The minimum Gasteiger partial charge on any atom is -0.491 e. The third-order valence-electron chi connectivity index (χ3n) is 6.98. The Hall–Kier alpha value is -3.68. The molecular weight excluding hydrogens is 468 g/mol. The van der Waals surface area contributed by atoms with E-state index in [9.17, 15) is 14.7 Å². The van der Waals surface area contributed by atoms with Crippen LogP contribution in [0.4, 0.5) is 0 Å². The van der Waals surface area contributed by atoms with Gasteiger partial charge in [-0.15, -0.1) is 0 Å². The van der Waals surface area contributed by atoms with E-state index >= 15 is 0 Å². The molecule has 1 aliphatic heterocycles. The highest BCUT2D eigenvalue weighted by molar-refractivity contribution is 5.78. The highest BCUT2D eigenvalue weighted by Gasteiger charge is 2.28. The Morgan fingerprint density at radius 3 is 2.49 bits per heavy atom. The Bertz CT molecular complexity index is 1300. The lowest BCUT2D eigenvalue weighted by atomic mass is 9.93. The highest BCUT2D eigenvalue weighted by atomic mass is 16.5. The number of carbonyl (C=O) groups excluding carboxylic acids is 1. The summed E-state index contributed by atoms with van der Waals surface area (Å²) in [6.07, 6.45) is 6.31. The van der Waals surface area contributed by atoms with Gasteiger partial charge in [0.15, 0.2) is 5.75 Å². The van der Waals surface area contributed by atoms with Gasteiger partial charge in [-0.3, -0.25) is 14.2 Å². The molecule has 7 nitrogen and oxygen atoms in total. The van der Waals surface area contributed by atoms with Crippen molar-refractivity contribution in [2.45, 2.75) is 38.5 Å². The molecule has 0 fully saturated rings. The Balaban J connectivity index is 1.41. The molecule has 1 N–H and O–H groups in total. The van der Waals surface area contributed by atoms with E-state index in [0.717, 1.165) is 16.8 Å². The first kappa shape index (κ1) is 26.4. The van der Waals surface area contributed by atoms with E-state index in [0.29, 0.717) is 13.0 Å². The van der Waals surface area contributed by atoms with Gasteiger partial charge in [0.2, 0.25) is 5.91 Å². The average Bonchev–Trinajstić information content (AvgIpc) is 2.93. The molecule has 2 aromatic carbocycles. The normalized spacial score (nSPS) is 16.9. The van der Waals surface area contributed by atoms with Gasteiger partial charge in [-0.05, 0) is 47.4 Å². The van der Waals surface area contributed by atoms with Gasteiger partial charge in [0.05, 0.1) is 25.9 Å². The topological polar surface area (TPSA) is 81.0 Å². The Morgan fingerprint density at radius 2 is 1.81 bits per heavy atom. The summed E-state index contributed by atoms with van der Waals surface area (Å²) in [5.41, 5.74) is 3.82. The maximum absolute atomic E-state index is 13.0. The van der Waals surface area contributed by atoms with Crippen LogP contribution in [0.5, 0.6) is 5.75 Å². The van der Waals surface area contributed by atoms with Crippen molar-refractivity contribution in [3.63, 3.8) is 0 Å². The summed E-state index contributed by atoms with van der Waals surface area (Å²) in [5, 5.41) is 9.86. The fraction of sp³-hybridized carbons (Fsp3) is 0.333. The van der Waals surface area contributed by atoms with E-state index in [1.54, 1.807) is 30.3 Å². The van der Waals surface area contributed by atoms with Crippen LogP contribution in [0.25, 0.3) is 5.69 Å². The molecule has 3 aromatic rings. The minimum absolute atomic E-state index is 0.000876. The van der Waals surface area contributed by atoms with Crippen molar-refractivity contribution in [3.05, 3.63) is 106 Å². The zero-order valence-corrected chi connectivity index (χ0v) is 21.5. The van der Waals surface area contributed by atoms with Gasteiger partial charge in [0.25, 0.3) is 5.56 Å². The fourth-order valence-corrected chi connectivity index (χ4v) is 4.96. The van der Waals surface area contributed by atoms with Crippen LogP contribution in [-0.2, 0) is 22.5 Å². The molecule has 2 heterocycles. The predicted octanol–water partition coefficient (Wildman–Crippen LogP) is 4.06. The van der Waals surface area contributed by atoms with Gasteiger partial charge in [0, 0.05) is 37.9 Å². The first-order valence-electron chi connectivity index (χ1n) is 12.5. The number of carbonyl (C=O) groups is 1. The van der Waals surface area contributed by atoms with Gasteiger partial charge in [0.1, 0.15) is 0 Å². The molecule has 4 rings (SSSR count). The third kappa shape index (κ3) is 5.84. The number of ether oxygens (including phenoxy) is 2. The van der Waals surface area contributed by atoms with Crippen molar-refractivity contribution in [3.8, 4) is 11.4 Å². The largest absolute Gasteiger partial charge is 0.491 e. The number of pyridine rings is 1. The SMILES string of the molecule is COc1cccn(-c2ccc([C@H](OC)[C@@H](C)/C=C/CC(=O)N3Cc4ccccc4C[C@H]3CO)cc2)c1=O. The van der Waals surface area contributed by atoms with E-state index in [2.05, 4.69) is 6.07 Å². The molecule has 0 saturated heterocycles. The van der Waals surface area contributed by atoms with Crippen LogP contribution in [0.1, 0.15) is 36.1 Å². The van der Waals surface area contributed by atoms with Gasteiger partial charge in [-0.1, -0.05) is 55.5 Å². The van der Waals surface area contributed by atoms with Crippen LogP contribution in [0.2, 0.25) is 0 Å². The lowest BCUT2D eigenvalue weighted by Crippen LogP contribution is -2.46. The minimum atomic E-state index is -0.220. The molecule has 1 aromatic heterocycles. The Kier molecular flexibility index (Phi) is 8.58. The summed E-state index contributed by atoms with van der Waals surface area (Å²) in [7, 11) is 3.14. The lowest BCUT2D eigenvalue weighted by Gasteiger charge is -2.36. The number of hydrogen-bond acceptors (Lipinski definition) is 5. The maximum Gasteiger partial charge on any atom is 0.297 e. The Morgan fingerprint density at radius 1 is 1.08 bits per heavy atom. The number of aliphatic hydroxyl groups excluding tert-OH is 1. The highest BCUT2D eigenvalue weighted by Crippen LogP contribution is 2.28. The Labute approximate surface area is 217 Å². The number of methoxy groups -OCH3 is 2. The molecule has 37 heavy (non-hydrogen) atoms. The molecule has 0 spiro atoms.